The topological polar surface area (TPSA) is 80.2 Å². The van der Waals surface area contributed by atoms with E-state index in [9.17, 15) is 14.4 Å². The molecule has 0 spiro atoms. The zero-order chi connectivity index (χ0) is 30.5. The Morgan fingerprint density at radius 2 is 1.52 bits per heavy atom. The number of para-hydroxylation sites is 1. The summed E-state index contributed by atoms with van der Waals surface area (Å²) in [4.78, 5) is 40.6. The number of halogens is 1. The Labute approximate surface area is 265 Å². The quantitative estimate of drug-likeness (QED) is 0.136. The van der Waals surface area contributed by atoms with Crippen LogP contribution in [-0.2, 0) is 17.6 Å². The number of carbonyl (C=O) groups excluding carboxylic acids is 3. The van der Waals surface area contributed by atoms with Crippen LogP contribution in [0.15, 0.2) is 114 Å². The Balaban J connectivity index is 1.15. The van der Waals surface area contributed by atoms with Gasteiger partial charge in [0.25, 0.3) is 11.8 Å². The third-order valence-electron chi connectivity index (χ3n) is 7.64. The molecule has 0 saturated carbocycles. The molecule has 6 rings (SSSR count). The van der Waals surface area contributed by atoms with Crippen molar-refractivity contribution >= 4 is 63.8 Å². The van der Waals surface area contributed by atoms with Crippen LogP contribution in [0.5, 0.6) is 0 Å². The molecule has 1 heterocycles. The maximum atomic E-state index is 13.5. The lowest BCUT2D eigenvalue weighted by Gasteiger charge is -2.15. The minimum absolute atomic E-state index is 0.0540. The molecule has 1 aliphatic carbocycles. The van der Waals surface area contributed by atoms with Crippen molar-refractivity contribution in [3.05, 3.63) is 136 Å². The molecule has 0 radical (unpaired) electrons. The second-order valence-corrected chi connectivity index (χ2v) is 12.0. The van der Waals surface area contributed by atoms with Crippen LogP contribution in [0.25, 0.3) is 17.0 Å². The molecule has 44 heavy (non-hydrogen) atoms. The smallest absolute Gasteiger partial charge is 0.272 e. The Hall–Kier alpha value is -4.59. The SMILES string of the molecule is O=C(Nc1ccc(SCC(=O)n2c3c(c4ccccc42)CCCC3)cc1)/C(=C/c1ccccc1Cl)NC(=O)c1ccccc1. The van der Waals surface area contributed by atoms with Crippen LogP contribution in [0.1, 0.15) is 44.8 Å². The van der Waals surface area contributed by atoms with Crippen LogP contribution >= 0.6 is 23.4 Å². The maximum absolute atomic E-state index is 13.5. The molecule has 220 valence electrons. The van der Waals surface area contributed by atoms with Crippen LogP contribution in [0.3, 0.4) is 0 Å². The minimum Gasteiger partial charge on any atom is -0.321 e. The fourth-order valence-corrected chi connectivity index (χ4v) is 6.45. The van der Waals surface area contributed by atoms with Gasteiger partial charge in [-0.3, -0.25) is 19.0 Å². The van der Waals surface area contributed by atoms with E-state index >= 15 is 0 Å². The first kappa shape index (κ1) is 29.5. The van der Waals surface area contributed by atoms with Gasteiger partial charge in [-0.1, -0.05) is 66.2 Å². The van der Waals surface area contributed by atoms with E-state index in [1.54, 1.807) is 66.7 Å². The average Bonchev–Trinajstić information content (AvgIpc) is 3.40. The first-order valence-corrected chi connectivity index (χ1v) is 15.9. The fraction of sp³-hybridized carbons (Fsp3) is 0.139. The van der Waals surface area contributed by atoms with Gasteiger partial charge in [-0.05, 0) is 91.4 Å². The first-order valence-electron chi connectivity index (χ1n) is 14.5. The van der Waals surface area contributed by atoms with E-state index < -0.39 is 11.8 Å². The van der Waals surface area contributed by atoms with Crippen molar-refractivity contribution in [2.75, 3.05) is 11.1 Å². The highest BCUT2D eigenvalue weighted by atomic mass is 35.5. The number of amides is 2. The third kappa shape index (κ3) is 6.49. The highest BCUT2D eigenvalue weighted by Crippen LogP contribution is 2.33. The summed E-state index contributed by atoms with van der Waals surface area (Å²) in [5.74, 6) is -0.538. The van der Waals surface area contributed by atoms with Crippen molar-refractivity contribution in [3.8, 4) is 0 Å². The molecule has 8 heteroatoms. The number of nitrogens with zero attached hydrogens (tertiary/aromatic N) is 1. The van der Waals surface area contributed by atoms with Crippen molar-refractivity contribution < 1.29 is 14.4 Å². The molecular formula is C36H30ClN3O3S. The van der Waals surface area contributed by atoms with Crippen molar-refractivity contribution in [2.24, 2.45) is 0 Å². The third-order valence-corrected chi connectivity index (χ3v) is 8.98. The molecule has 0 saturated heterocycles. The summed E-state index contributed by atoms with van der Waals surface area (Å²) >= 11 is 7.80. The summed E-state index contributed by atoms with van der Waals surface area (Å²) in [7, 11) is 0. The second-order valence-electron chi connectivity index (χ2n) is 10.5. The lowest BCUT2D eigenvalue weighted by atomic mass is 9.96. The normalized spacial score (nSPS) is 12.9. The Morgan fingerprint density at radius 1 is 0.818 bits per heavy atom. The number of aromatic nitrogens is 1. The van der Waals surface area contributed by atoms with E-state index in [0.29, 0.717) is 27.6 Å². The van der Waals surface area contributed by atoms with Gasteiger partial charge in [-0.15, -0.1) is 11.8 Å². The molecule has 1 aromatic heterocycles. The standard InChI is InChI=1S/C36H30ClN3O3S/c37-30-15-7-4-12-25(30)22-31(39-35(42)24-10-2-1-3-11-24)36(43)38-26-18-20-27(21-19-26)44-23-34(41)40-32-16-8-5-13-28(32)29-14-6-9-17-33(29)40/h1-5,7-8,10-13,15-16,18-22H,6,9,14,17,23H2,(H,38,43)(H,39,42)/b31-22-. The van der Waals surface area contributed by atoms with Gasteiger partial charge in [0.05, 0.1) is 11.3 Å². The number of aryl methyl sites for hydroxylation is 1. The summed E-state index contributed by atoms with van der Waals surface area (Å²) in [6.45, 7) is 0. The predicted octanol–water partition coefficient (Wildman–Crippen LogP) is 8.02. The van der Waals surface area contributed by atoms with Crippen LogP contribution in [0.4, 0.5) is 5.69 Å². The van der Waals surface area contributed by atoms with Crippen LogP contribution in [0, 0.1) is 0 Å². The summed E-state index contributed by atoms with van der Waals surface area (Å²) in [5.41, 5.74) is 5.08. The van der Waals surface area contributed by atoms with Crippen molar-refractivity contribution in [1.82, 2.24) is 9.88 Å². The number of anilines is 1. The van der Waals surface area contributed by atoms with Crippen LogP contribution < -0.4 is 10.6 Å². The lowest BCUT2D eigenvalue weighted by molar-refractivity contribution is -0.113. The van der Waals surface area contributed by atoms with Gasteiger partial charge in [0, 0.05) is 32.2 Å². The van der Waals surface area contributed by atoms with E-state index in [4.69, 9.17) is 11.6 Å². The average molecular weight is 620 g/mol. The van der Waals surface area contributed by atoms with E-state index in [1.165, 1.54) is 22.7 Å². The molecule has 4 aromatic carbocycles. The Bertz CT molecular complexity index is 1880. The number of hydrogen-bond acceptors (Lipinski definition) is 4. The molecule has 0 fully saturated rings. The largest absolute Gasteiger partial charge is 0.321 e. The Morgan fingerprint density at radius 3 is 2.32 bits per heavy atom. The number of benzene rings is 4. The van der Waals surface area contributed by atoms with Gasteiger partial charge in [-0.25, -0.2) is 0 Å². The highest BCUT2D eigenvalue weighted by molar-refractivity contribution is 8.00. The number of thioether (sulfide) groups is 1. The van der Waals surface area contributed by atoms with Crippen LogP contribution in [0.2, 0.25) is 5.02 Å². The molecule has 0 atom stereocenters. The van der Waals surface area contributed by atoms with E-state index in [-0.39, 0.29) is 11.6 Å². The van der Waals surface area contributed by atoms with Gasteiger partial charge in [-0.2, -0.15) is 0 Å². The van der Waals surface area contributed by atoms with E-state index in [2.05, 4.69) is 16.7 Å². The predicted molar refractivity (Wildman–Crippen MR) is 178 cm³/mol. The zero-order valence-electron chi connectivity index (χ0n) is 23.9. The number of carbonyl (C=O) groups is 3. The highest BCUT2D eigenvalue weighted by Gasteiger charge is 2.23. The summed E-state index contributed by atoms with van der Waals surface area (Å²) in [6, 6.07) is 31.2. The van der Waals surface area contributed by atoms with Gasteiger partial charge in [0.1, 0.15) is 5.70 Å². The molecule has 0 bridgehead atoms. The number of hydrogen-bond donors (Lipinski definition) is 2. The number of rotatable bonds is 8. The second kappa shape index (κ2) is 13.4. The van der Waals surface area contributed by atoms with E-state index in [1.807, 2.05) is 41.0 Å². The van der Waals surface area contributed by atoms with E-state index in [0.717, 1.165) is 41.8 Å². The van der Waals surface area contributed by atoms with Gasteiger partial charge < -0.3 is 10.6 Å². The van der Waals surface area contributed by atoms with Crippen molar-refractivity contribution in [3.63, 3.8) is 0 Å². The molecule has 5 aromatic rings. The molecule has 2 N–H and O–H groups in total. The zero-order valence-corrected chi connectivity index (χ0v) is 25.5. The number of fused-ring (bicyclic) bond motifs is 3. The van der Waals surface area contributed by atoms with Gasteiger partial charge >= 0.3 is 0 Å². The molecule has 0 aliphatic heterocycles. The fourth-order valence-electron chi connectivity index (χ4n) is 5.51. The van der Waals surface area contributed by atoms with Gasteiger partial charge in [0.2, 0.25) is 5.91 Å². The Kier molecular flexibility index (Phi) is 8.96. The number of nitrogens with one attached hydrogen (secondary N) is 2. The summed E-state index contributed by atoms with van der Waals surface area (Å²) in [5, 5.41) is 7.23. The maximum Gasteiger partial charge on any atom is 0.272 e. The molecule has 1 aliphatic rings. The molecule has 2 amide bonds. The molecule has 0 unspecified atom stereocenters. The first-order chi connectivity index (χ1) is 21.5. The van der Waals surface area contributed by atoms with Gasteiger partial charge in [0.15, 0.2) is 0 Å². The lowest BCUT2D eigenvalue weighted by Crippen LogP contribution is -2.30. The molecular weight excluding hydrogens is 590 g/mol. The van der Waals surface area contributed by atoms with Crippen LogP contribution in [-0.4, -0.2) is 28.0 Å². The monoisotopic (exact) mass is 619 g/mol. The van der Waals surface area contributed by atoms with Crippen molar-refractivity contribution in [1.29, 1.82) is 0 Å². The van der Waals surface area contributed by atoms with Crippen molar-refractivity contribution in [2.45, 2.75) is 30.6 Å². The minimum atomic E-state index is -0.492. The summed E-state index contributed by atoms with van der Waals surface area (Å²) < 4.78 is 1.92. The molecule has 6 nitrogen and oxygen atoms in total. The summed E-state index contributed by atoms with van der Waals surface area (Å²) in [6.07, 6.45) is 5.75.